The van der Waals surface area contributed by atoms with Gasteiger partial charge in [-0.2, -0.15) is 4.31 Å². The van der Waals surface area contributed by atoms with Crippen molar-refractivity contribution in [2.24, 2.45) is 5.92 Å². The van der Waals surface area contributed by atoms with Gasteiger partial charge < -0.3 is 4.57 Å². The number of nitrogens with zero attached hydrogens (tertiary/aromatic N) is 3. The summed E-state index contributed by atoms with van der Waals surface area (Å²) in [6.07, 6.45) is 6.11. The molecule has 1 aromatic heterocycles. The van der Waals surface area contributed by atoms with E-state index in [-0.39, 0.29) is 27.3 Å². The predicted octanol–water partition coefficient (Wildman–Crippen LogP) is 6.80. The van der Waals surface area contributed by atoms with Crippen LogP contribution in [0, 0.1) is 17.6 Å². The number of thioether (sulfide) groups is 1. The van der Waals surface area contributed by atoms with Crippen LogP contribution >= 0.6 is 23.4 Å². The zero-order valence-corrected chi connectivity index (χ0v) is 21.9. The number of fused-ring (bicyclic) bond motifs is 1. The monoisotopic (exact) mass is 539 g/mol. The van der Waals surface area contributed by atoms with E-state index in [4.69, 9.17) is 16.6 Å². The van der Waals surface area contributed by atoms with Gasteiger partial charge in [0.2, 0.25) is 10.0 Å². The Morgan fingerprint density at radius 3 is 2.57 bits per heavy atom. The van der Waals surface area contributed by atoms with Gasteiger partial charge in [-0.25, -0.2) is 22.2 Å². The fraction of sp³-hybridized carbons (Fsp3) is 0.480. The van der Waals surface area contributed by atoms with Crippen molar-refractivity contribution >= 4 is 44.4 Å². The van der Waals surface area contributed by atoms with Crippen LogP contribution in [0.15, 0.2) is 40.4 Å². The maximum absolute atomic E-state index is 14.4. The summed E-state index contributed by atoms with van der Waals surface area (Å²) in [6.45, 7) is 3.13. The molecule has 1 saturated heterocycles. The molecule has 5 nitrogen and oxygen atoms in total. The van der Waals surface area contributed by atoms with Crippen LogP contribution < -0.4 is 0 Å². The van der Waals surface area contributed by atoms with E-state index in [2.05, 4.69) is 11.5 Å². The zero-order chi connectivity index (χ0) is 24.7. The Morgan fingerprint density at radius 1 is 1.09 bits per heavy atom. The van der Waals surface area contributed by atoms with E-state index in [1.807, 2.05) is 6.07 Å². The maximum Gasteiger partial charge on any atom is 0.243 e. The van der Waals surface area contributed by atoms with Crippen LogP contribution in [0.1, 0.15) is 57.1 Å². The fourth-order valence-electron chi connectivity index (χ4n) is 5.19. The molecule has 3 aromatic rings. The molecule has 1 aliphatic carbocycles. The first-order valence-corrected chi connectivity index (χ1v) is 14.8. The third-order valence-corrected chi connectivity index (χ3v) is 10.3. The molecule has 1 unspecified atom stereocenters. The Kier molecular flexibility index (Phi) is 7.14. The summed E-state index contributed by atoms with van der Waals surface area (Å²) < 4.78 is 58.7. The van der Waals surface area contributed by atoms with Crippen molar-refractivity contribution in [1.82, 2.24) is 13.9 Å². The van der Waals surface area contributed by atoms with Gasteiger partial charge in [-0.1, -0.05) is 43.1 Å². The summed E-state index contributed by atoms with van der Waals surface area (Å²) in [4.78, 5) is 5.01. The Balaban J connectivity index is 1.51. The highest BCUT2D eigenvalue weighted by Gasteiger charge is 2.30. The molecule has 1 aliphatic heterocycles. The summed E-state index contributed by atoms with van der Waals surface area (Å²) in [5, 5.41) is 0.443. The van der Waals surface area contributed by atoms with Gasteiger partial charge in [0.25, 0.3) is 0 Å². The van der Waals surface area contributed by atoms with E-state index in [1.54, 1.807) is 16.4 Å². The molecule has 1 saturated carbocycles. The number of benzene rings is 2. The number of aromatic nitrogens is 2. The molecule has 10 heteroatoms. The molecule has 2 fully saturated rings. The Bertz CT molecular complexity index is 1360. The third kappa shape index (κ3) is 4.84. The van der Waals surface area contributed by atoms with Crippen LogP contribution in [0.5, 0.6) is 0 Å². The molecule has 0 N–H and O–H groups in total. The predicted molar refractivity (Wildman–Crippen MR) is 135 cm³/mol. The molecule has 35 heavy (non-hydrogen) atoms. The summed E-state index contributed by atoms with van der Waals surface area (Å²) in [6, 6.07) is 7.48. The Hall–Kier alpha value is -1.68. The van der Waals surface area contributed by atoms with Crippen molar-refractivity contribution in [3.05, 3.63) is 52.6 Å². The third-order valence-electron chi connectivity index (χ3n) is 7.06. The van der Waals surface area contributed by atoms with Crippen molar-refractivity contribution < 1.29 is 17.2 Å². The molecular formula is C25H28ClF2N3O2S2. The largest absolute Gasteiger partial charge is 0.316 e. The van der Waals surface area contributed by atoms with E-state index in [0.29, 0.717) is 29.7 Å². The smallest absolute Gasteiger partial charge is 0.243 e. The van der Waals surface area contributed by atoms with Crippen LogP contribution in [0.2, 0.25) is 5.02 Å². The molecule has 2 aliphatic rings. The van der Waals surface area contributed by atoms with Crippen molar-refractivity contribution in [3.8, 4) is 0 Å². The van der Waals surface area contributed by atoms with Crippen LogP contribution in [0.4, 0.5) is 8.78 Å². The van der Waals surface area contributed by atoms with Gasteiger partial charge in [-0.3, -0.25) is 0 Å². The molecule has 2 heterocycles. The number of rotatable bonds is 6. The minimum atomic E-state index is -3.61. The molecule has 0 bridgehead atoms. The minimum Gasteiger partial charge on any atom is -0.316 e. The lowest BCUT2D eigenvalue weighted by molar-refractivity contribution is 0.281. The molecule has 0 radical (unpaired) electrons. The molecule has 188 valence electrons. The SMILES string of the molecule is CC1CCCN(S(=O)(=O)c2ccc3c(c2)nc(SCc2c(F)ccc(F)c2Cl)n3C2CCCC2)C1. The fourth-order valence-corrected chi connectivity index (χ4v) is 8.21. The topological polar surface area (TPSA) is 55.2 Å². The number of sulfonamides is 1. The molecular weight excluding hydrogens is 512 g/mol. The number of halogens is 3. The summed E-state index contributed by atoms with van der Waals surface area (Å²) in [5.41, 5.74) is 1.55. The van der Waals surface area contributed by atoms with Crippen molar-refractivity contribution in [2.75, 3.05) is 13.1 Å². The van der Waals surface area contributed by atoms with Crippen molar-refractivity contribution in [1.29, 1.82) is 0 Å². The zero-order valence-electron chi connectivity index (χ0n) is 19.5. The van der Waals surface area contributed by atoms with Crippen molar-refractivity contribution in [3.63, 3.8) is 0 Å². The average Bonchev–Trinajstić information content (AvgIpc) is 3.48. The first-order chi connectivity index (χ1) is 16.8. The Morgan fingerprint density at radius 2 is 1.83 bits per heavy atom. The van der Waals surface area contributed by atoms with Gasteiger partial charge in [-0.15, -0.1) is 0 Å². The number of hydrogen-bond donors (Lipinski definition) is 0. The standard InChI is InChI=1S/C25H28ClF2N3O2S2/c1-16-5-4-12-30(14-16)35(32,33)18-8-11-23-22(13-18)29-25(31(23)17-6-2-3-7-17)34-15-19-20(27)9-10-21(28)24(19)26/h8-11,13,16-17H,2-7,12,14-15H2,1H3. The highest BCUT2D eigenvalue weighted by Crippen LogP contribution is 2.39. The normalized spacial score (nSPS) is 20.2. The quantitative estimate of drug-likeness (QED) is 0.255. The average molecular weight is 540 g/mol. The van der Waals surface area contributed by atoms with Gasteiger partial charge in [0.05, 0.1) is 21.0 Å². The lowest BCUT2D eigenvalue weighted by Gasteiger charge is -2.30. The second-order valence-corrected chi connectivity index (χ2v) is 12.8. The summed E-state index contributed by atoms with van der Waals surface area (Å²) in [7, 11) is -3.61. The molecule has 5 rings (SSSR count). The highest BCUT2D eigenvalue weighted by atomic mass is 35.5. The Labute approximate surface area is 213 Å². The van der Waals surface area contributed by atoms with E-state index in [1.165, 1.54) is 11.8 Å². The number of piperidine rings is 1. The van der Waals surface area contributed by atoms with Gasteiger partial charge in [0.15, 0.2) is 5.16 Å². The molecule has 1 atom stereocenters. The van der Waals surface area contributed by atoms with E-state index >= 15 is 0 Å². The first-order valence-electron chi connectivity index (χ1n) is 12.0. The number of imidazole rings is 1. The molecule has 0 spiro atoms. The second kappa shape index (κ2) is 10.00. The van der Waals surface area contributed by atoms with E-state index in [0.717, 1.165) is 56.2 Å². The number of hydrogen-bond acceptors (Lipinski definition) is 4. The molecule has 2 aromatic carbocycles. The highest BCUT2D eigenvalue weighted by molar-refractivity contribution is 7.98. The van der Waals surface area contributed by atoms with Gasteiger partial charge in [-0.05, 0) is 61.9 Å². The van der Waals surface area contributed by atoms with Gasteiger partial charge in [0.1, 0.15) is 11.6 Å². The molecule has 0 amide bonds. The lowest BCUT2D eigenvalue weighted by Crippen LogP contribution is -2.39. The first kappa shape index (κ1) is 25.0. The van der Waals surface area contributed by atoms with Gasteiger partial charge in [0, 0.05) is 30.4 Å². The van der Waals surface area contributed by atoms with Crippen LogP contribution in [0.3, 0.4) is 0 Å². The summed E-state index contributed by atoms with van der Waals surface area (Å²) in [5.74, 6) is -0.761. The van der Waals surface area contributed by atoms with Crippen LogP contribution in [0.25, 0.3) is 11.0 Å². The second-order valence-electron chi connectivity index (χ2n) is 9.57. The van der Waals surface area contributed by atoms with Gasteiger partial charge >= 0.3 is 0 Å². The van der Waals surface area contributed by atoms with Crippen molar-refractivity contribution in [2.45, 2.75) is 67.3 Å². The van der Waals surface area contributed by atoms with E-state index in [9.17, 15) is 17.2 Å². The summed E-state index contributed by atoms with van der Waals surface area (Å²) >= 11 is 7.33. The lowest BCUT2D eigenvalue weighted by atomic mass is 10.0. The van der Waals surface area contributed by atoms with Crippen LogP contribution in [-0.4, -0.2) is 35.4 Å². The minimum absolute atomic E-state index is 0.101. The van der Waals surface area contributed by atoms with Crippen LogP contribution in [-0.2, 0) is 15.8 Å². The maximum atomic E-state index is 14.4. The van der Waals surface area contributed by atoms with E-state index < -0.39 is 21.7 Å².